The molecule has 2 rings (SSSR count). The molecule has 0 aliphatic carbocycles. The molecule has 0 bridgehead atoms. The van der Waals surface area contributed by atoms with Crippen molar-refractivity contribution in [2.75, 3.05) is 13.1 Å². The van der Waals surface area contributed by atoms with Gasteiger partial charge in [-0.2, -0.15) is 0 Å². The van der Waals surface area contributed by atoms with Crippen molar-refractivity contribution in [2.24, 2.45) is 5.92 Å². The van der Waals surface area contributed by atoms with Gasteiger partial charge in [0.15, 0.2) is 5.78 Å². The lowest BCUT2D eigenvalue weighted by atomic mass is 9.91. The normalized spacial score (nSPS) is 19.2. The number of Topliss-reactive ketones (excluding diaryl/α,β-unsaturated/α-hetero) is 1. The van der Waals surface area contributed by atoms with Gasteiger partial charge in [-0.25, -0.2) is 0 Å². The van der Waals surface area contributed by atoms with E-state index in [4.69, 9.17) is 0 Å². The molecule has 1 aromatic heterocycles. The van der Waals surface area contributed by atoms with E-state index in [0.717, 1.165) is 32.4 Å². The summed E-state index contributed by atoms with van der Waals surface area (Å²) >= 11 is 0. The summed E-state index contributed by atoms with van der Waals surface area (Å²) in [5.41, 5.74) is 0.483. The lowest BCUT2D eigenvalue weighted by molar-refractivity contribution is -0.143. The van der Waals surface area contributed by atoms with Crippen LogP contribution in [0.5, 0.6) is 0 Å². The van der Waals surface area contributed by atoms with E-state index in [2.05, 4.69) is 4.98 Å². The molecule has 1 aromatic rings. The molecule has 2 unspecified atom stereocenters. The summed E-state index contributed by atoms with van der Waals surface area (Å²) in [7, 11) is 0. The number of hydrogen-bond acceptors (Lipinski definition) is 4. The predicted molar refractivity (Wildman–Crippen MR) is 74.6 cm³/mol. The van der Waals surface area contributed by atoms with Crippen molar-refractivity contribution in [1.29, 1.82) is 0 Å². The molecule has 0 saturated carbocycles. The monoisotopic (exact) mass is 276 g/mol. The number of carbonyl (C=O) groups is 2. The highest BCUT2D eigenvalue weighted by Crippen LogP contribution is 2.21. The second kappa shape index (κ2) is 6.61. The fraction of sp³-hybridized carbons (Fsp3) is 0.533. The highest BCUT2D eigenvalue weighted by molar-refractivity contribution is 6.02. The largest absolute Gasteiger partial charge is 0.481 e. The Bertz CT molecular complexity index is 469. The molecule has 5 nitrogen and oxygen atoms in total. The molecule has 0 spiro atoms. The number of aliphatic carboxylic acids is 1. The number of rotatable bonds is 5. The second-order valence-corrected chi connectivity index (χ2v) is 5.27. The first-order valence-corrected chi connectivity index (χ1v) is 7.02. The van der Waals surface area contributed by atoms with Crippen LogP contribution in [0.1, 0.15) is 36.5 Å². The zero-order valence-electron chi connectivity index (χ0n) is 11.7. The van der Waals surface area contributed by atoms with E-state index in [0.29, 0.717) is 5.56 Å². The Morgan fingerprint density at radius 2 is 2.00 bits per heavy atom. The van der Waals surface area contributed by atoms with E-state index in [1.165, 1.54) is 6.20 Å². The fourth-order valence-electron chi connectivity index (χ4n) is 2.72. The van der Waals surface area contributed by atoms with Gasteiger partial charge in [0.2, 0.25) is 0 Å². The standard InChI is InChI=1S/C15H20N2O3/c1-11(15(19)20)13(17-8-3-2-4-9-17)14(18)12-6-5-7-16-10-12/h5-7,10-11,13H,2-4,8-9H2,1H3,(H,19,20). The third kappa shape index (κ3) is 3.22. The first kappa shape index (κ1) is 14.7. The van der Waals surface area contributed by atoms with Crippen molar-refractivity contribution in [3.8, 4) is 0 Å². The highest BCUT2D eigenvalue weighted by Gasteiger charge is 2.36. The van der Waals surface area contributed by atoms with E-state index in [1.807, 2.05) is 4.90 Å². The second-order valence-electron chi connectivity index (χ2n) is 5.27. The molecule has 0 aromatic carbocycles. The average Bonchev–Trinajstić information content (AvgIpc) is 2.49. The molecule has 1 fully saturated rings. The van der Waals surface area contributed by atoms with Crippen LogP contribution in [-0.2, 0) is 4.79 Å². The summed E-state index contributed by atoms with van der Waals surface area (Å²) < 4.78 is 0. The number of carboxylic acids is 1. The summed E-state index contributed by atoms with van der Waals surface area (Å²) in [5.74, 6) is -1.80. The van der Waals surface area contributed by atoms with Crippen molar-refractivity contribution >= 4 is 11.8 Å². The predicted octanol–water partition coefficient (Wildman–Crippen LogP) is 1.84. The van der Waals surface area contributed by atoms with Crippen molar-refractivity contribution < 1.29 is 14.7 Å². The van der Waals surface area contributed by atoms with Crippen LogP contribution < -0.4 is 0 Å². The third-order valence-corrected chi connectivity index (χ3v) is 3.86. The summed E-state index contributed by atoms with van der Waals surface area (Å²) in [6.07, 6.45) is 6.29. The molecular formula is C15H20N2O3. The highest BCUT2D eigenvalue weighted by atomic mass is 16.4. The molecule has 0 amide bonds. The van der Waals surface area contributed by atoms with Crippen LogP contribution in [0.3, 0.4) is 0 Å². The molecule has 0 radical (unpaired) electrons. The lowest BCUT2D eigenvalue weighted by Gasteiger charge is -2.35. The van der Waals surface area contributed by atoms with Crippen LogP contribution in [0.25, 0.3) is 0 Å². The van der Waals surface area contributed by atoms with E-state index in [9.17, 15) is 14.7 Å². The molecule has 1 aliphatic heterocycles. The molecule has 2 atom stereocenters. The molecule has 20 heavy (non-hydrogen) atoms. The van der Waals surface area contributed by atoms with E-state index in [-0.39, 0.29) is 5.78 Å². The van der Waals surface area contributed by atoms with Crippen molar-refractivity contribution in [3.05, 3.63) is 30.1 Å². The van der Waals surface area contributed by atoms with E-state index in [1.54, 1.807) is 25.3 Å². The number of nitrogens with zero attached hydrogens (tertiary/aromatic N) is 2. The zero-order valence-corrected chi connectivity index (χ0v) is 11.7. The maximum atomic E-state index is 12.6. The maximum Gasteiger partial charge on any atom is 0.308 e. The average molecular weight is 276 g/mol. The number of piperidine rings is 1. The van der Waals surface area contributed by atoms with Crippen LogP contribution in [0, 0.1) is 5.92 Å². The van der Waals surface area contributed by atoms with Crippen LogP contribution in [-0.4, -0.2) is 45.9 Å². The molecule has 1 aliphatic rings. The van der Waals surface area contributed by atoms with Crippen LogP contribution >= 0.6 is 0 Å². The van der Waals surface area contributed by atoms with E-state index < -0.39 is 17.9 Å². The Kier molecular flexibility index (Phi) is 4.84. The van der Waals surface area contributed by atoms with Crippen LogP contribution in [0.15, 0.2) is 24.5 Å². The Morgan fingerprint density at radius 1 is 1.30 bits per heavy atom. The van der Waals surface area contributed by atoms with Gasteiger partial charge in [-0.05, 0) is 45.0 Å². The smallest absolute Gasteiger partial charge is 0.308 e. The minimum absolute atomic E-state index is 0.144. The SMILES string of the molecule is CC(C(=O)O)C(C(=O)c1cccnc1)N1CCCCC1. The van der Waals surface area contributed by atoms with Gasteiger partial charge in [-0.1, -0.05) is 6.42 Å². The van der Waals surface area contributed by atoms with Crippen molar-refractivity contribution in [1.82, 2.24) is 9.88 Å². The Balaban J connectivity index is 2.25. The molecule has 2 heterocycles. The van der Waals surface area contributed by atoms with Crippen molar-refractivity contribution in [3.63, 3.8) is 0 Å². The number of ketones is 1. The number of hydrogen-bond donors (Lipinski definition) is 1. The number of carbonyl (C=O) groups excluding carboxylic acids is 1. The number of likely N-dealkylation sites (tertiary alicyclic amines) is 1. The van der Waals surface area contributed by atoms with Crippen LogP contribution in [0.4, 0.5) is 0 Å². The number of pyridine rings is 1. The van der Waals surface area contributed by atoms with Gasteiger partial charge in [0.1, 0.15) is 0 Å². The molecule has 5 heteroatoms. The van der Waals surface area contributed by atoms with Gasteiger partial charge in [-0.15, -0.1) is 0 Å². The zero-order chi connectivity index (χ0) is 14.5. The summed E-state index contributed by atoms with van der Waals surface area (Å²) in [4.78, 5) is 29.9. The maximum absolute atomic E-state index is 12.6. The number of carboxylic acid groups (broad SMARTS) is 1. The molecular weight excluding hydrogens is 256 g/mol. The quantitative estimate of drug-likeness (QED) is 0.831. The van der Waals surface area contributed by atoms with Gasteiger partial charge in [-0.3, -0.25) is 19.5 Å². The Hall–Kier alpha value is -1.75. The first-order valence-electron chi connectivity index (χ1n) is 7.02. The summed E-state index contributed by atoms with van der Waals surface area (Å²) in [5, 5.41) is 9.28. The van der Waals surface area contributed by atoms with E-state index >= 15 is 0 Å². The van der Waals surface area contributed by atoms with Gasteiger partial charge in [0, 0.05) is 18.0 Å². The first-order chi connectivity index (χ1) is 9.61. The van der Waals surface area contributed by atoms with Crippen LogP contribution in [0.2, 0.25) is 0 Å². The lowest BCUT2D eigenvalue weighted by Crippen LogP contribution is -2.49. The van der Waals surface area contributed by atoms with Gasteiger partial charge < -0.3 is 5.11 Å². The molecule has 1 N–H and O–H groups in total. The fourth-order valence-corrected chi connectivity index (χ4v) is 2.72. The van der Waals surface area contributed by atoms with Gasteiger partial charge >= 0.3 is 5.97 Å². The Labute approximate surface area is 118 Å². The molecule has 1 saturated heterocycles. The topological polar surface area (TPSA) is 70.5 Å². The summed E-state index contributed by atoms with van der Waals surface area (Å²) in [6.45, 7) is 3.18. The minimum Gasteiger partial charge on any atom is -0.481 e. The molecule has 108 valence electrons. The van der Waals surface area contributed by atoms with Gasteiger partial charge in [0.05, 0.1) is 12.0 Å². The van der Waals surface area contributed by atoms with Gasteiger partial charge in [0.25, 0.3) is 0 Å². The third-order valence-electron chi connectivity index (χ3n) is 3.86. The minimum atomic E-state index is -0.933. The Morgan fingerprint density at radius 3 is 2.55 bits per heavy atom. The number of aromatic nitrogens is 1. The van der Waals surface area contributed by atoms with Crippen molar-refractivity contribution in [2.45, 2.75) is 32.2 Å². The summed E-state index contributed by atoms with van der Waals surface area (Å²) in [6, 6.07) is 2.80.